The zero-order valence-electron chi connectivity index (χ0n) is 10.0. The van der Waals surface area contributed by atoms with E-state index in [1.165, 1.54) is 12.1 Å². The second kappa shape index (κ2) is 5.33. The highest BCUT2D eigenvalue weighted by Crippen LogP contribution is 2.25. The van der Waals surface area contributed by atoms with Crippen LogP contribution < -0.4 is 11.5 Å². The van der Waals surface area contributed by atoms with Crippen molar-refractivity contribution in [2.45, 2.75) is 11.8 Å². The van der Waals surface area contributed by atoms with E-state index in [4.69, 9.17) is 16.0 Å². The number of nitrogen functional groups attached to an aromatic ring is 2. The van der Waals surface area contributed by atoms with E-state index in [-0.39, 0.29) is 16.3 Å². The van der Waals surface area contributed by atoms with E-state index >= 15 is 0 Å². The van der Waals surface area contributed by atoms with Gasteiger partial charge in [-0.3, -0.25) is 4.55 Å². The van der Waals surface area contributed by atoms with E-state index in [0.717, 1.165) is 0 Å². The van der Waals surface area contributed by atoms with Crippen LogP contribution in [0.15, 0.2) is 17.0 Å². The molecule has 5 N–H and O–H groups in total. The average molecular weight is 310 g/mol. The Morgan fingerprint density at radius 3 is 2.26 bits per heavy atom. The lowest BCUT2D eigenvalue weighted by Crippen LogP contribution is -2.17. The van der Waals surface area contributed by atoms with Crippen molar-refractivity contribution in [2.75, 3.05) is 23.8 Å². The van der Waals surface area contributed by atoms with Gasteiger partial charge in [0.25, 0.3) is 0 Å². The van der Waals surface area contributed by atoms with Crippen molar-refractivity contribution < 1.29 is 25.6 Å². The number of sulfone groups is 1. The van der Waals surface area contributed by atoms with Crippen LogP contribution in [0.3, 0.4) is 0 Å². The molecule has 0 unspecified atom stereocenters. The second-order valence-corrected chi connectivity index (χ2v) is 6.98. The molecule has 8 nitrogen and oxygen atoms in total. The van der Waals surface area contributed by atoms with Crippen LogP contribution in [0.1, 0.15) is 5.56 Å². The number of anilines is 2. The maximum atomic E-state index is 11.9. The van der Waals surface area contributed by atoms with Gasteiger partial charge in [0.05, 0.1) is 22.9 Å². The average Bonchev–Trinajstić information content (AvgIpc) is 2.20. The van der Waals surface area contributed by atoms with E-state index in [2.05, 4.69) is 4.18 Å². The van der Waals surface area contributed by atoms with Gasteiger partial charge in [-0.25, -0.2) is 12.6 Å². The Hall–Kier alpha value is -1.36. The summed E-state index contributed by atoms with van der Waals surface area (Å²) in [4.78, 5) is -0.200. The summed E-state index contributed by atoms with van der Waals surface area (Å²) in [5, 5.41) is 0. The summed E-state index contributed by atoms with van der Waals surface area (Å²) in [5.41, 5.74) is 12.1. The van der Waals surface area contributed by atoms with Crippen molar-refractivity contribution in [3.05, 3.63) is 17.7 Å². The van der Waals surface area contributed by atoms with Gasteiger partial charge >= 0.3 is 10.4 Å². The molecule has 108 valence electrons. The summed E-state index contributed by atoms with van der Waals surface area (Å²) in [6.07, 6.45) is 0. The molecule has 0 heterocycles. The maximum Gasteiger partial charge on any atom is 0.397 e. The lowest BCUT2D eigenvalue weighted by Gasteiger charge is -2.10. The summed E-state index contributed by atoms with van der Waals surface area (Å²) in [7, 11) is -8.53. The lowest BCUT2D eigenvalue weighted by molar-refractivity contribution is 0.284. The van der Waals surface area contributed by atoms with Gasteiger partial charge < -0.3 is 11.5 Å². The van der Waals surface area contributed by atoms with Gasteiger partial charge in [0.15, 0.2) is 9.84 Å². The van der Waals surface area contributed by atoms with Crippen LogP contribution in [0.5, 0.6) is 0 Å². The number of benzene rings is 1. The van der Waals surface area contributed by atoms with E-state index in [9.17, 15) is 16.8 Å². The number of aryl methyl sites for hydroxylation is 1. The molecule has 0 aliphatic carbocycles. The predicted molar refractivity (Wildman–Crippen MR) is 69.6 cm³/mol. The Bertz CT molecular complexity index is 681. The van der Waals surface area contributed by atoms with Crippen molar-refractivity contribution in [1.29, 1.82) is 0 Å². The fourth-order valence-electron chi connectivity index (χ4n) is 1.35. The van der Waals surface area contributed by atoms with E-state index < -0.39 is 32.6 Å². The predicted octanol–water partition coefficient (Wildman–Crippen LogP) is -0.247. The summed E-state index contributed by atoms with van der Waals surface area (Å²) in [6, 6.07) is 2.61. The molecule has 0 aliphatic rings. The standard InChI is InChI=1S/C9H14N2O6S2/c1-6-4-8(11)9(5-7(6)10)18(12,13)3-2-17-19(14,15)16/h4-5H,2-3,10-11H2,1H3,(H,14,15,16). The molecule has 0 aromatic heterocycles. The SMILES string of the molecule is Cc1cc(N)c(S(=O)(=O)CCOS(=O)(=O)O)cc1N. The molecule has 1 aromatic carbocycles. The molecule has 10 heteroatoms. The topological polar surface area (TPSA) is 150 Å². The highest BCUT2D eigenvalue weighted by atomic mass is 32.3. The molecule has 1 aromatic rings. The fraction of sp³-hybridized carbons (Fsp3) is 0.333. The normalized spacial score (nSPS) is 12.5. The molecular weight excluding hydrogens is 296 g/mol. The zero-order valence-corrected chi connectivity index (χ0v) is 11.7. The third kappa shape index (κ3) is 4.35. The minimum Gasteiger partial charge on any atom is -0.398 e. The third-order valence-electron chi connectivity index (χ3n) is 2.32. The van der Waals surface area contributed by atoms with Gasteiger partial charge in [0.1, 0.15) is 0 Å². The van der Waals surface area contributed by atoms with Crippen LogP contribution in [-0.2, 0) is 24.4 Å². The first kappa shape index (κ1) is 15.7. The Kier molecular flexibility index (Phi) is 4.40. The van der Waals surface area contributed by atoms with Crippen molar-refractivity contribution in [1.82, 2.24) is 0 Å². The number of hydrogen-bond acceptors (Lipinski definition) is 7. The Labute approximate surface area is 111 Å². The van der Waals surface area contributed by atoms with Crippen molar-refractivity contribution >= 4 is 31.6 Å². The van der Waals surface area contributed by atoms with Crippen LogP contribution >= 0.6 is 0 Å². The van der Waals surface area contributed by atoms with E-state index in [1.54, 1.807) is 6.92 Å². The van der Waals surface area contributed by atoms with Crippen molar-refractivity contribution in [2.24, 2.45) is 0 Å². The first-order valence-corrected chi connectivity index (χ1v) is 8.05. The number of rotatable bonds is 5. The quantitative estimate of drug-likeness (QED) is 0.497. The Morgan fingerprint density at radius 2 is 1.74 bits per heavy atom. The summed E-state index contributed by atoms with van der Waals surface area (Å²) < 4.78 is 56.7. The van der Waals surface area contributed by atoms with Gasteiger partial charge in [-0.1, -0.05) is 0 Å². The van der Waals surface area contributed by atoms with Gasteiger partial charge in [-0.2, -0.15) is 8.42 Å². The number of nitrogens with two attached hydrogens (primary N) is 2. The minimum absolute atomic E-state index is 0.0126. The molecule has 0 radical (unpaired) electrons. The maximum absolute atomic E-state index is 11.9. The molecule has 0 saturated carbocycles. The number of hydrogen-bond donors (Lipinski definition) is 3. The van der Waals surface area contributed by atoms with Crippen LogP contribution in [-0.4, -0.2) is 33.7 Å². The molecule has 0 aliphatic heterocycles. The molecule has 0 fully saturated rings. The summed E-state index contributed by atoms with van der Waals surface area (Å²) >= 11 is 0. The second-order valence-electron chi connectivity index (χ2n) is 3.82. The van der Waals surface area contributed by atoms with Gasteiger partial charge in [-0.05, 0) is 24.6 Å². The van der Waals surface area contributed by atoms with Gasteiger partial charge in [0.2, 0.25) is 0 Å². The van der Waals surface area contributed by atoms with Crippen molar-refractivity contribution in [3.8, 4) is 0 Å². The highest BCUT2D eigenvalue weighted by molar-refractivity contribution is 7.91. The van der Waals surface area contributed by atoms with E-state index in [1.807, 2.05) is 0 Å². The monoisotopic (exact) mass is 310 g/mol. The van der Waals surface area contributed by atoms with Crippen LogP contribution in [0, 0.1) is 6.92 Å². The van der Waals surface area contributed by atoms with Crippen molar-refractivity contribution in [3.63, 3.8) is 0 Å². The summed E-state index contributed by atoms with van der Waals surface area (Å²) in [6.45, 7) is 0.956. The molecule has 1 rings (SSSR count). The van der Waals surface area contributed by atoms with Crippen LogP contribution in [0.25, 0.3) is 0 Å². The fourth-order valence-corrected chi connectivity index (χ4v) is 3.00. The van der Waals surface area contributed by atoms with Crippen LogP contribution in [0.2, 0.25) is 0 Å². The Balaban J connectivity index is 2.98. The first-order valence-electron chi connectivity index (χ1n) is 5.03. The zero-order chi connectivity index (χ0) is 14.8. The highest BCUT2D eigenvalue weighted by Gasteiger charge is 2.20. The largest absolute Gasteiger partial charge is 0.398 e. The van der Waals surface area contributed by atoms with E-state index in [0.29, 0.717) is 5.56 Å². The first-order chi connectivity index (χ1) is 8.53. The molecule has 0 bridgehead atoms. The molecule has 0 spiro atoms. The van der Waals surface area contributed by atoms with Crippen LogP contribution in [0.4, 0.5) is 11.4 Å². The Morgan fingerprint density at radius 1 is 1.16 bits per heavy atom. The van der Waals surface area contributed by atoms with Gasteiger partial charge in [-0.15, -0.1) is 0 Å². The lowest BCUT2D eigenvalue weighted by atomic mass is 10.2. The third-order valence-corrected chi connectivity index (χ3v) is 4.51. The minimum atomic E-state index is -4.67. The molecule has 0 atom stereocenters. The molecule has 0 saturated heterocycles. The molecular formula is C9H14N2O6S2. The van der Waals surface area contributed by atoms with Gasteiger partial charge in [0, 0.05) is 5.69 Å². The molecule has 19 heavy (non-hydrogen) atoms. The summed E-state index contributed by atoms with van der Waals surface area (Å²) in [5.74, 6) is -0.653. The molecule has 0 amide bonds. The smallest absolute Gasteiger partial charge is 0.397 e.